The van der Waals surface area contributed by atoms with E-state index in [-0.39, 0.29) is 5.91 Å². The number of nitrogens with zero attached hydrogens (tertiary/aromatic N) is 1. The van der Waals surface area contributed by atoms with Crippen molar-refractivity contribution in [2.45, 2.75) is 45.6 Å². The number of benzene rings is 1. The molecule has 1 aromatic carbocycles. The van der Waals surface area contributed by atoms with E-state index in [2.05, 4.69) is 17.1 Å². The van der Waals surface area contributed by atoms with Crippen molar-refractivity contribution < 1.29 is 4.79 Å². The number of anilines is 2. The van der Waals surface area contributed by atoms with E-state index in [0.717, 1.165) is 17.8 Å². The van der Waals surface area contributed by atoms with Crippen LogP contribution in [0.1, 0.15) is 38.2 Å². The van der Waals surface area contributed by atoms with Crippen molar-refractivity contribution in [1.82, 2.24) is 4.90 Å². The zero-order valence-corrected chi connectivity index (χ0v) is 12.5. The average molecular weight is 275 g/mol. The van der Waals surface area contributed by atoms with Crippen LogP contribution in [0.15, 0.2) is 18.2 Å². The normalized spacial score (nSPS) is 15.8. The van der Waals surface area contributed by atoms with Gasteiger partial charge in [-0.3, -0.25) is 9.69 Å². The first kappa shape index (κ1) is 14.9. The Kier molecular flexibility index (Phi) is 5.01. The molecule has 3 N–H and O–H groups in total. The summed E-state index contributed by atoms with van der Waals surface area (Å²) in [6.45, 7) is 5.49. The predicted molar refractivity (Wildman–Crippen MR) is 83.7 cm³/mol. The molecule has 0 atom stereocenters. The second kappa shape index (κ2) is 6.75. The number of nitrogens with two attached hydrogens (primary N) is 1. The minimum Gasteiger partial charge on any atom is -0.399 e. The van der Waals surface area contributed by atoms with Gasteiger partial charge in [-0.2, -0.15) is 0 Å². The molecule has 1 aromatic rings. The van der Waals surface area contributed by atoms with Gasteiger partial charge in [-0.05, 0) is 44.0 Å². The molecular formula is C16H25N3O. The second-order valence-corrected chi connectivity index (χ2v) is 5.62. The highest BCUT2D eigenvalue weighted by Gasteiger charge is 2.23. The van der Waals surface area contributed by atoms with Gasteiger partial charge in [0.25, 0.3) is 0 Å². The molecule has 1 aliphatic carbocycles. The number of amides is 1. The molecule has 0 radical (unpaired) electrons. The molecule has 110 valence electrons. The second-order valence-electron chi connectivity index (χ2n) is 5.62. The van der Waals surface area contributed by atoms with Crippen LogP contribution in [0, 0.1) is 6.92 Å². The Morgan fingerprint density at radius 2 is 2.10 bits per heavy atom. The van der Waals surface area contributed by atoms with Gasteiger partial charge in [0.1, 0.15) is 0 Å². The molecule has 2 rings (SSSR count). The van der Waals surface area contributed by atoms with Gasteiger partial charge in [-0.25, -0.2) is 0 Å². The molecule has 0 heterocycles. The molecular weight excluding hydrogens is 250 g/mol. The first-order valence-corrected chi connectivity index (χ1v) is 7.50. The van der Waals surface area contributed by atoms with Crippen molar-refractivity contribution in [3.63, 3.8) is 0 Å². The molecule has 0 saturated heterocycles. The number of rotatable bonds is 5. The lowest BCUT2D eigenvalue weighted by Crippen LogP contribution is -2.39. The lowest BCUT2D eigenvalue weighted by Gasteiger charge is -2.26. The Balaban J connectivity index is 1.95. The number of carbonyl (C=O) groups is 1. The van der Waals surface area contributed by atoms with E-state index in [1.54, 1.807) is 0 Å². The molecule has 0 unspecified atom stereocenters. The fourth-order valence-corrected chi connectivity index (χ4v) is 2.92. The fourth-order valence-electron chi connectivity index (χ4n) is 2.92. The quantitative estimate of drug-likeness (QED) is 0.812. The van der Waals surface area contributed by atoms with Crippen LogP contribution in [-0.4, -0.2) is 29.9 Å². The summed E-state index contributed by atoms with van der Waals surface area (Å²) >= 11 is 0. The zero-order valence-electron chi connectivity index (χ0n) is 12.5. The monoisotopic (exact) mass is 275 g/mol. The lowest BCUT2D eigenvalue weighted by atomic mass is 10.1. The van der Waals surface area contributed by atoms with E-state index in [1.165, 1.54) is 25.7 Å². The predicted octanol–water partition coefficient (Wildman–Crippen LogP) is 2.78. The number of aryl methyl sites for hydroxylation is 1. The third kappa shape index (κ3) is 3.73. The molecule has 0 aromatic heterocycles. The molecule has 4 heteroatoms. The van der Waals surface area contributed by atoms with Gasteiger partial charge in [-0.1, -0.05) is 25.8 Å². The van der Waals surface area contributed by atoms with Gasteiger partial charge in [-0.15, -0.1) is 0 Å². The van der Waals surface area contributed by atoms with Crippen molar-refractivity contribution >= 4 is 17.3 Å². The van der Waals surface area contributed by atoms with Crippen LogP contribution in [0.5, 0.6) is 0 Å². The van der Waals surface area contributed by atoms with Crippen molar-refractivity contribution in [1.29, 1.82) is 0 Å². The standard InChI is InChI=1S/C16H25N3O/c1-3-19(14-6-4-5-7-14)11-16(20)18-15-10-13(17)9-8-12(15)2/h8-10,14H,3-7,11,17H2,1-2H3,(H,18,20). The Morgan fingerprint density at radius 3 is 2.75 bits per heavy atom. The zero-order chi connectivity index (χ0) is 14.5. The highest BCUT2D eigenvalue weighted by Crippen LogP contribution is 2.23. The van der Waals surface area contributed by atoms with Crippen LogP contribution in [0.2, 0.25) is 0 Å². The maximum atomic E-state index is 12.2. The Labute approximate surface area is 121 Å². The molecule has 4 nitrogen and oxygen atoms in total. The lowest BCUT2D eigenvalue weighted by molar-refractivity contribution is -0.117. The van der Waals surface area contributed by atoms with E-state index < -0.39 is 0 Å². The summed E-state index contributed by atoms with van der Waals surface area (Å²) in [5.74, 6) is 0.0486. The van der Waals surface area contributed by atoms with Crippen molar-refractivity contribution in [2.24, 2.45) is 0 Å². The summed E-state index contributed by atoms with van der Waals surface area (Å²) in [6.07, 6.45) is 5.02. The van der Waals surface area contributed by atoms with E-state index in [4.69, 9.17) is 5.73 Å². The van der Waals surface area contributed by atoms with E-state index in [0.29, 0.717) is 18.3 Å². The fraction of sp³-hybridized carbons (Fsp3) is 0.562. The summed E-state index contributed by atoms with van der Waals surface area (Å²) in [6, 6.07) is 6.17. The molecule has 0 spiro atoms. The van der Waals surface area contributed by atoms with Gasteiger partial charge >= 0.3 is 0 Å². The number of nitrogen functional groups attached to an aromatic ring is 1. The topological polar surface area (TPSA) is 58.4 Å². The van der Waals surface area contributed by atoms with Crippen LogP contribution in [-0.2, 0) is 4.79 Å². The molecule has 1 aliphatic rings. The van der Waals surface area contributed by atoms with Crippen molar-refractivity contribution in [3.8, 4) is 0 Å². The minimum atomic E-state index is 0.0486. The van der Waals surface area contributed by atoms with E-state index in [9.17, 15) is 4.79 Å². The molecule has 1 saturated carbocycles. The Hall–Kier alpha value is -1.55. The SMILES string of the molecule is CCN(CC(=O)Nc1cc(N)ccc1C)C1CCCC1. The summed E-state index contributed by atoms with van der Waals surface area (Å²) in [4.78, 5) is 14.5. The third-order valence-corrected chi connectivity index (χ3v) is 4.13. The van der Waals surface area contributed by atoms with Crippen LogP contribution < -0.4 is 11.1 Å². The molecule has 1 amide bonds. The van der Waals surface area contributed by atoms with Crippen LogP contribution in [0.25, 0.3) is 0 Å². The molecule has 20 heavy (non-hydrogen) atoms. The van der Waals surface area contributed by atoms with E-state index in [1.807, 2.05) is 25.1 Å². The van der Waals surface area contributed by atoms with Crippen LogP contribution >= 0.6 is 0 Å². The Bertz CT molecular complexity index is 467. The summed E-state index contributed by atoms with van der Waals surface area (Å²) in [7, 11) is 0. The highest BCUT2D eigenvalue weighted by molar-refractivity contribution is 5.93. The van der Waals surface area contributed by atoms with Crippen LogP contribution in [0.3, 0.4) is 0 Å². The van der Waals surface area contributed by atoms with Gasteiger partial charge in [0.15, 0.2) is 0 Å². The number of carbonyl (C=O) groups excluding carboxylic acids is 1. The van der Waals surface area contributed by atoms with Gasteiger partial charge < -0.3 is 11.1 Å². The minimum absolute atomic E-state index is 0.0486. The molecule has 1 fully saturated rings. The number of likely N-dealkylation sites (N-methyl/N-ethyl adjacent to an activating group) is 1. The maximum absolute atomic E-state index is 12.2. The largest absolute Gasteiger partial charge is 0.399 e. The average Bonchev–Trinajstić information content (AvgIpc) is 2.94. The first-order chi connectivity index (χ1) is 9.60. The van der Waals surface area contributed by atoms with E-state index >= 15 is 0 Å². The van der Waals surface area contributed by atoms with Crippen LogP contribution in [0.4, 0.5) is 11.4 Å². The highest BCUT2D eigenvalue weighted by atomic mass is 16.2. The van der Waals surface area contributed by atoms with Gasteiger partial charge in [0.2, 0.25) is 5.91 Å². The van der Waals surface area contributed by atoms with Gasteiger partial charge in [0, 0.05) is 17.4 Å². The molecule has 0 aliphatic heterocycles. The summed E-state index contributed by atoms with van der Waals surface area (Å²) in [5, 5.41) is 2.98. The number of nitrogens with one attached hydrogen (secondary N) is 1. The van der Waals surface area contributed by atoms with Crippen molar-refractivity contribution in [3.05, 3.63) is 23.8 Å². The van der Waals surface area contributed by atoms with Gasteiger partial charge in [0.05, 0.1) is 6.54 Å². The Morgan fingerprint density at radius 1 is 1.40 bits per heavy atom. The summed E-state index contributed by atoms with van der Waals surface area (Å²) < 4.78 is 0. The smallest absolute Gasteiger partial charge is 0.238 e. The first-order valence-electron chi connectivity index (χ1n) is 7.50. The number of hydrogen-bond acceptors (Lipinski definition) is 3. The number of hydrogen-bond donors (Lipinski definition) is 2. The maximum Gasteiger partial charge on any atom is 0.238 e. The molecule has 0 bridgehead atoms. The van der Waals surface area contributed by atoms with Crippen molar-refractivity contribution in [2.75, 3.05) is 24.1 Å². The third-order valence-electron chi connectivity index (χ3n) is 4.13. The summed E-state index contributed by atoms with van der Waals surface area (Å²) in [5.41, 5.74) is 8.30.